The van der Waals surface area contributed by atoms with Gasteiger partial charge in [-0.05, 0) is 18.9 Å². The molecular weight excluding hydrogens is 310 g/mol. The molecule has 1 aromatic heterocycles. The monoisotopic (exact) mass is 329 g/mol. The van der Waals surface area contributed by atoms with Gasteiger partial charge in [0.05, 0.1) is 13.7 Å². The standard InChI is InChI=1S/C13H19N3O5S/c1-15-7-10(6-11(15)13(18)21-3)22(19,20)16(2)8-12(17)14-9-4-5-9/h6-7,9H,4-5,8H2,1-3H3,(H,14,17). The molecule has 22 heavy (non-hydrogen) atoms. The fraction of sp³-hybridized carbons (Fsp3) is 0.538. The van der Waals surface area contributed by atoms with Crippen molar-refractivity contribution in [2.75, 3.05) is 20.7 Å². The molecule has 0 aromatic carbocycles. The number of likely N-dealkylation sites (N-methyl/N-ethyl adjacent to an activating group) is 1. The number of rotatable bonds is 6. The van der Waals surface area contributed by atoms with Gasteiger partial charge in [0, 0.05) is 26.3 Å². The average molecular weight is 329 g/mol. The summed E-state index contributed by atoms with van der Waals surface area (Å²) in [7, 11) is 0.244. The highest BCUT2D eigenvalue weighted by atomic mass is 32.2. The van der Waals surface area contributed by atoms with Crippen LogP contribution >= 0.6 is 0 Å². The van der Waals surface area contributed by atoms with Gasteiger partial charge >= 0.3 is 5.97 Å². The van der Waals surface area contributed by atoms with Crippen molar-refractivity contribution in [1.82, 2.24) is 14.2 Å². The number of nitrogens with one attached hydrogen (secondary N) is 1. The lowest BCUT2D eigenvalue weighted by atomic mass is 10.4. The van der Waals surface area contributed by atoms with E-state index in [0.29, 0.717) is 0 Å². The van der Waals surface area contributed by atoms with Crippen LogP contribution in [0.15, 0.2) is 17.2 Å². The first-order chi connectivity index (χ1) is 10.3. The van der Waals surface area contributed by atoms with E-state index < -0.39 is 16.0 Å². The lowest BCUT2D eigenvalue weighted by molar-refractivity contribution is -0.121. The molecule has 0 unspecified atom stereocenters. The Labute approximate surface area is 129 Å². The van der Waals surface area contributed by atoms with Crippen molar-refractivity contribution in [1.29, 1.82) is 0 Å². The van der Waals surface area contributed by atoms with E-state index in [-0.39, 0.29) is 29.1 Å². The van der Waals surface area contributed by atoms with E-state index in [9.17, 15) is 18.0 Å². The number of esters is 1. The highest BCUT2D eigenvalue weighted by Gasteiger charge is 2.28. The van der Waals surface area contributed by atoms with E-state index in [1.54, 1.807) is 7.05 Å². The zero-order valence-electron chi connectivity index (χ0n) is 12.7. The summed E-state index contributed by atoms with van der Waals surface area (Å²) < 4.78 is 31.8. The molecule has 0 saturated heterocycles. The highest BCUT2D eigenvalue weighted by Crippen LogP contribution is 2.20. The van der Waals surface area contributed by atoms with E-state index in [4.69, 9.17) is 0 Å². The second-order valence-corrected chi connectivity index (χ2v) is 7.31. The molecule has 1 N–H and O–H groups in total. The molecule has 9 heteroatoms. The third-order valence-electron chi connectivity index (χ3n) is 3.39. The van der Waals surface area contributed by atoms with E-state index in [2.05, 4.69) is 10.1 Å². The van der Waals surface area contributed by atoms with Crippen molar-refractivity contribution >= 4 is 21.9 Å². The molecule has 1 aliphatic carbocycles. The summed E-state index contributed by atoms with van der Waals surface area (Å²) in [5, 5.41) is 2.73. The van der Waals surface area contributed by atoms with Gasteiger partial charge in [-0.3, -0.25) is 4.79 Å². The van der Waals surface area contributed by atoms with Crippen LogP contribution in [0, 0.1) is 0 Å². The number of aryl methyl sites for hydroxylation is 1. The van der Waals surface area contributed by atoms with Gasteiger partial charge in [0.15, 0.2) is 0 Å². The van der Waals surface area contributed by atoms with Gasteiger partial charge in [0.25, 0.3) is 0 Å². The highest BCUT2D eigenvalue weighted by molar-refractivity contribution is 7.89. The summed E-state index contributed by atoms with van der Waals surface area (Å²) in [6.07, 6.45) is 3.18. The topological polar surface area (TPSA) is 97.7 Å². The van der Waals surface area contributed by atoms with Crippen molar-refractivity contribution in [3.05, 3.63) is 18.0 Å². The van der Waals surface area contributed by atoms with Crippen LogP contribution in [-0.4, -0.2) is 55.9 Å². The van der Waals surface area contributed by atoms with Gasteiger partial charge in [0.2, 0.25) is 15.9 Å². The molecule has 2 rings (SSSR count). The fourth-order valence-corrected chi connectivity index (χ4v) is 3.15. The van der Waals surface area contributed by atoms with E-state index in [0.717, 1.165) is 17.1 Å². The minimum atomic E-state index is -3.85. The van der Waals surface area contributed by atoms with E-state index in [1.807, 2.05) is 0 Å². The van der Waals surface area contributed by atoms with Gasteiger partial charge in [-0.25, -0.2) is 13.2 Å². The quantitative estimate of drug-likeness (QED) is 0.723. The Morgan fingerprint density at radius 2 is 2.09 bits per heavy atom. The van der Waals surface area contributed by atoms with Crippen LogP contribution in [0.3, 0.4) is 0 Å². The molecule has 0 spiro atoms. The van der Waals surface area contributed by atoms with Gasteiger partial charge in [-0.2, -0.15) is 4.31 Å². The van der Waals surface area contributed by atoms with Gasteiger partial charge in [0.1, 0.15) is 10.6 Å². The molecule has 0 radical (unpaired) electrons. The lowest BCUT2D eigenvalue weighted by Crippen LogP contribution is -2.39. The predicted octanol–water partition coefficient (Wildman–Crippen LogP) is -0.289. The van der Waals surface area contributed by atoms with E-state index >= 15 is 0 Å². The maximum Gasteiger partial charge on any atom is 0.354 e. The maximum absolute atomic E-state index is 12.4. The Balaban J connectivity index is 2.14. The number of carbonyl (C=O) groups excluding carboxylic acids is 2. The van der Waals surface area contributed by atoms with Crippen molar-refractivity contribution < 1.29 is 22.7 Å². The first-order valence-electron chi connectivity index (χ1n) is 6.76. The van der Waals surface area contributed by atoms with Crippen LogP contribution < -0.4 is 5.32 Å². The number of aromatic nitrogens is 1. The number of carbonyl (C=O) groups is 2. The van der Waals surface area contributed by atoms with Crippen LogP contribution in [0.5, 0.6) is 0 Å². The molecule has 1 aromatic rings. The first kappa shape index (κ1) is 16.5. The van der Waals surface area contributed by atoms with Crippen LogP contribution in [0.4, 0.5) is 0 Å². The van der Waals surface area contributed by atoms with Gasteiger partial charge in [-0.1, -0.05) is 0 Å². The number of nitrogens with zero attached hydrogens (tertiary/aromatic N) is 2. The van der Waals surface area contributed by atoms with Crippen molar-refractivity contribution in [3.63, 3.8) is 0 Å². The number of hydrogen-bond acceptors (Lipinski definition) is 5. The molecule has 1 amide bonds. The SMILES string of the molecule is COC(=O)c1cc(S(=O)(=O)N(C)CC(=O)NC2CC2)cn1C. The summed E-state index contributed by atoms with van der Waals surface area (Å²) in [5.74, 6) is -0.962. The van der Waals surface area contributed by atoms with Crippen LogP contribution in [0.1, 0.15) is 23.3 Å². The Bertz CT molecular complexity index is 691. The van der Waals surface area contributed by atoms with Gasteiger partial charge < -0.3 is 14.6 Å². The van der Waals surface area contributed by atoms with E-state index in [1.165, 1.54) is 31.0 Å². The Morgan fingerprint density at radius 1 is 1.45 bits per heavy atom. The second-order valence-electron chi connectivity index (χ2n) is 5.27. The zero-order chi connectivity index (χ0) is 16.5. The summed E-state index contributed by atoms with van der Waals surface area (Å²) in [4.78, 5) is 23.2. The molecule has 1 saturated carbocycles. The second kappa shape index (κ2) is 6.09. The molecule has 1 fully saturated rings. The van der Waals surface area contributed by atoms with Crippen molar-refractivity contribution in [2.24, 2.45) is 7.05 Å². The third kappa shape index (κ3) is 3.47. The molecule has 1 aliphatic rings. The summed E-state index contributed by atoms with van der Waals surface area (Å²) >= 11 is 0. The van der Waals surface area contributed by atoms with Crippen LogP contribution in [0.2, 0.25) is 0 Å². The fourth-order valence-electron chi connectivity index (χ4n) is 1.95. The van der Waals surface area contributed by atoms with Crippen molar-refractivity contribution in [3.8, 4) is 0 Å². The number of ether oxygens (including phenoxy) is 1. The predicted molar refractivity (Wildman–Crippen MR) is 77.7 cm³/mol. The molecule has 122 valence electrons. The minimum absolute atomic E-state index is 0.0582. The smallest absolute Gasteiger partial charge is 0.354 e. The number of hydrogen-bond donors (Lipinski definition) is 1. The van der Waals surface area contributed by atoms with Gasteiger partial charge in [-0.15, -0.1) is 0 Å². The largest absolute Gasteiger partial charge is 0.464 e. The van der Waals surface area contributed by atoms with Crippen molar-refractivity contribution in [2.45, 2.75) is 23.8 Å². The molecule has 8 nitrogen and oxygen atoms in total. The lowest BCUT2D eigenvalue weighted by Gasteiger charge is -2.15. The van der Waals surface area contributed by atoms with Crippen LogP contribution in [-0.2, 0) is 26.6 Å². The molecule has 0 atom stereocenters. The molecule has 1 heterocycles. The normalized spacial score (nSPS) is 14.9. The Hall–Kier alpha value is -1.87. The maximum atomic E-state index is 12.4. The molecule has 0 bridgehead atoms. The number of amides is 1. The molecule has 0 aliphatic heterocycles. The first-order valence-corrected chi connectivity index (χ1v) is 8.20. The average Bonchev–Trinajstić information content (AvgIpc) is 3.16. The summed E-state index contributed by atoms with van der Waals surface area (Å²) in [5.41, 5.74) is 0.122. The molecular formula is C13H19N3O5S. The Morgan fingerprint density at radius 3 is 2.64 bits per heavy atom. The van der Waals surface area contributed by atoms with Crippen LogP contribution in [0.25, 0.3) is 0 Å². The minimum Gasteiger partial charge on any atom is -0.464 e. The zero-order valence-corrected chi connectivity index (χ0v) is 13.5. The summed E-state index contributed by atoms with van der Waals surface area (Å²) in [6.45, 7) is -0.263. The number of methoxy groups -OCH3 is 1. The number of sulfonamides is 1. The Kier molecular flexibility index (Phi) is 4.57. The summed E-state index contributed by atoms with van der Waals surface area (Å²) in [6, 6.07) is 1.41. The third-order valence-corrected chi connectivity index (χ3v) is 5.16.